The molecule has 0 unspecified atom stereocenters. The first-order valence-corrected chi connectivity index (χ1v) is 10.3. The number of pyridine rings is 1. The van der Waals surface area contributed by atoms with Crippen LogP contribution in [0.3, 0.4) is 0 Å². The molecule has 0 atom stereocenters. The van der Waals surface area contributed by atoms with Crippen molar-refractivity contribution in [2.24, 2.45) is 14.1 Å². The van der Waals surface area contributed by atoms with Crippen LogP contribution in [0.2, 0.25) is 0 Å². The molecule has 0 saturated heterocycles. The molecule has 0 spiro atoms. The van der Waals surface area contributed by atoms with E-state index in [-0.39, 0.29) is 0 Å². The van der Waals surface area contributed by atoms with Crippen molar-refractivity contribution >= 4 is 34.0 Å². The second kappa shape index (κ2) is 7.31. The van der Waals surface area contributed by atoms with E-state index in [2.05, 4.69) is 127 Å². The summed E-state index contributed by atoms with van der Waals surface area (Å²) in [6.45, 7) is 2.17. The van der Waals surface area contributed by atoms with Gasteiger partial charge in [-0.2, -0.15) is 0 Å². The van der Waals surface area contributed by atoms with Gasteiger partial charge in [0.15, 0.2) is 6.20 Å². The highest BCUT2D eigenvalue weighted by molar-refractivity contribution is 6.08. The Labute approximate surface area is 177 Å². The van der Waals surface area contributed by atoms with E-state index in [4.69, 9.17) is 0 Å². The molecule has 0 saturated carbocycles. The maximum absolute atomic E-state index is 2.28. The number of rotatable bonds is 3. The lowest BCUT2D eigenvalue weighted by molar-refractivity contribution is -0.660. The minimum Gasteiger partial charge on any atom is -0.344 e. The lowest BCUT2D eigenvalue weighted by atomic mass is 10.0. The topological polar surface area (TPSA) is 8.81 Å². The molecule has 5 aromatic rings. The van der Waals surface area contributed by atoms with Gasteiger partial charge in [0.25, 0.3) is 0 Å². The summed E-state index contributed by atoms with van der Waals surface area (Å²) >= 11 is 0. The molecule has 2 aromatic heterocycles. The Balaban J connectivity index is 1.53. The number of hydrogen-bond donors (Lipinski definition) is 0. The maximum atomic E-state index is 2.28. The minimum absolute atomic E-state index is 1.21. The molecule has 146 valence electrons. The Morgan fingerprint density at radius 3 is 2.27 bits per heavy atom. The number of benzene rings is 3. The van der Waals surface area contributed by atoms with E-state index in [1.807, 2.05) is 0 Å². The molecule has 0 bridgehead atoms. The molecule has 5 rings (SSSR count). The lowest BCUT2D eigenvalue weighted by Gasteiger charge is -2.06. The molecule has 0 aliphatic heterocycles. The zero-order chi connectivity index (χ0) is 20.7. The number of para-hydroxylation sites is 1. The molecule has 0 amide bonds. The SMILES string of the molecule is Cc1ccc(/C=C/c2ccc3c4ccccc4n(C)c3c2)cc1-c1cccc[n+]1C. The van der Waals surface area contributed by atoms with E-state index in [0.717, 1.165) is 0 Å². The first kappa shape index (κ1) is 18.4. The van der Waals surface area contributed by atoms with Crippen LogP contribution in [-0.4, -0.2) is 4.57 Å². The fraction of sp³-hybridized carbons (Fsp3) is 0.107. The van der Waals surface area contributed by atoms with Gasteiger partial charge in [-0.15, -0.1) is 0 Å². The van der Waals surface area contributed by atoms with E-state index in [1.54, 1.807) is 0 Å². The smallest absolute Gasteiger partial charge is 0.212 e. The monoisotopic (exact) mass is 389 g/mol. The van der Waals surface area contributed by atoms with Crippen LogP contribution in [0, 0.1) is 6.92 Å². The van der Waals surface area contributed by atoms with Crippen LogP contribution in [0.15, 0.2) is 85.1 Å². The molecular formula is C28H25N2+. The number of nitrogens with zero attached hydrogens (tertiary/aromatic N) is 2. The van der Waals surface area contributed by atoms with Crippen molar-refractivity contribution in [2.75, 3.05) is 0 Å². The van der Waals surface area contributed by atoms with Crippen molar-refractivity contribution in [3.8, 4) is 11.3 Å². The average molecular weight is 390 g/mol. The summed E-state index contributed by atoms with van der Waals surface area (Å²) in [7, 11) is 4.24. The maximum Gasteiger partial charge on any atom is 0.212 e. The van der Waals surface area contributed by atoms with Crippen LogP contribution >= 0.6 is 0 Å². The Morgan fingerprint density at radius 2 is 1.43 bits per heavy atom. The van der Waals surface area contributed by atoms with Crippen LogP contribution in [0.4, 0.5) is 0 Å². The van der Waals surface area contributed by atoms with Crippen molar-refractivity contribution in [1.29, 1.82) is 0 Å². The third-order valence-electron chi connectivity index (χ3n) is 6.00. The average Bonchev–Trinajstić information content (AvgIpc) is 3.06. The van der Waals surface area contributed by atoms with E-state index in [9.17, 15) is 0 Å². The molecule has 0 radical (unpaired) electrons. The second-order valence-corrected chi connectivity index (χ2v) is 7.96. The molecule has 3 aromatic carbocycles. The minimum atomic E-state index is 1.21. The quantitative estimate of drug-likeness (QED) is 0.253. The summed E-state index contributed by atoms with van der Waals surface area (Å²) in [4.78, 5) is 0. The third-order valence-corrected chi connectivity index (χ3v) is 6.00. The summed E-state index contributed by atoms with van der Waals surface area (Å²) in [5, 5.41) is 2.61. The molecule has 30 heavy (non-hydrogen) atoms. The third kappa shape index (κ3) is 3.11. The summed E-state index contributed by atoms with van der Waals surface area (Å²) in [6, 6.07) is 28.3. The predicted molar refractivity (Wildman–Crippen MR) is 127 cm³/mol. The lowest BCUT2D eigenvalue weighted by Crippen LogP contribution is -2.30. The number of fused-ring (bicyclic) bond motifs is 3. The predicted octanol–water partition coefficient (Wildman–Crippen LogP) is 6.30. The summed E-state index contributed by atoms with van der Waals surface area (Å²) in [5.74, 6) is 0. The van der Waals surface area contributed by atoms with Crippen LogP contribution in [0.5, 0.6) is 0 Å². The van der Waals surface area contributed by atoms with Crippen LogP contribution < -0.4 is 4.57 Å². The Hall–Kier alpha value is -3.65. The highest BCUT2D eigenvalue weighted by Crippen LogP contribution is 2.29. The Kier molecular flexibility index (Phi) is 4.48. The van der Waals surface area contributed by atoms with Crippen molar-refractivity contribution in [2.45, 2.75) is 6.92 Å². The molecule has 0 aliphatic rings. The molecule has 2 heterocycles. The van der Waals surface area contributed by atoms with E-state index in [1.165, 1.54) is 49.8 Å². The second-order valence-electron chi connectivity index (χ2n) is 7.96. The molecule has 0 N–H and O–H groups in total. The fourth-order valence-corrected chi connectivity index (χ4v) is 4.30. The fourth-order valence-electron chi connectivity index (χ4n) is 4.30. The molecule has 2 heteroatoms. The summed E-state index contributed by atoms with van der Waals surface area (Å²) in [6.07, 6.45) is 6.50. The van der Waals surface area contributed by atoms with Gasteiger partial charge < -0.3 is 4.57 Å². The standard InChI is InChI=1S/C28H25N2/c1-20-11-12-21(18-25(20)26-9-6-7-17-29(26)2)13-14-22-15-16-24-23-8-4-5-10-27(23)30(3)28(24)19-22/h4-19H,1-3H3/q+1/b14-13+. The number of aromatic nitrogens is 2. The van der Waals surface area contributed by atoms with Gasteiger partial charge in [0.05, 0.1) is 0 Å². The van der Waals surface area contributed by atoms with Gasteiger partial charge in [0.1, 0.15) is 7.05 Å². The molecule has 0 aliphatic carbocycles. The van der Waals surface area contributed by atoms with Crippen LogP contribution in [0.25, 0.3) is 45.2 Å². The largest absolute Gasteiger partial charge is 0.344 e. The normalized spacial score (nSPS) is 11.7. The number of hydrogen-bond acceptors (Lipinski definition) is 0. The first-order valence-electron chi connectivity index (χ1n) is 10.3. The zero-order valence-electron chi connectivity index (χ0n) is 17.6. The van der Waals surface area contributed by atoms with E-state index in [0.29, 0.717) is 0 Å². The van der Waals surface area contributed by atoms with Gasteiger partial charge in [-0.3, -0.25) is 0 Å². The van der Waals surface area contributed by atoms with Gasteiger partial charge in [-0.05, 0) is 47.9 Å². The van der Waals surface area contributed by atoms with Crippen LogP contribution in [-0.2, 0) is 14.1 Å². The van der Waals surface area contributed by atoms with Gasteiger partial charge in [-0.1, -0.05) is 54.6 Å². The Bertz CT molecular complexity index is 1420. The van der Waals surface area contributed by atoms with Crippen molar-refractivity contribution < 1.29 is 4.57 Å². The van der Waals surface area contributed by atoms with Crippen LogP contribution in [0.1, 0.15) is 16.7 Å². The molecule has 2 nitrogen and oxygen atoms in total. The Morgan fingerprint density at radius 1 is 0.733 bits per heavy atom. The molecule has 0 fully saturated rings. The van der Waals surface area contributed by atoms with E-state index >= 15 is 0 Å². The van der Waals surface area contributed by atoms with E-state index < -0.39 is 0 Å². The highest BCUT2D eigenvalue weighted by atomic mass is 14.9. The number of aryl methyl sites for hydroxylation is 3. The van der Waals surface area contributed by atoms with Gasteiger partial charge in [-0.25, -0.2) is 4.57 Å². The first-order chi connectivity index (χ1) is 14.6. The molecular weight excluding hydrogens is 364 g/mol. The zero-order valence-corrected chi connectivity index (χ0v) is 17.6. The highest BCUT2D eigenvalue weighted by Gasteiger charge is 2.11. The van der Waals surface area contributed by atoms with Gasteiger partial charge in [0, 0.05) is 46.5 Å². The van der Waals surface area contributed by atoms with Crippen molar-refractivity contribution in [1.82, 2.24) is 4.57 Å². The van der Waals surface area contributed by atoms with Gasteiger partial charge >= 0.3 is 0 Å². The van der Waals surface area contributed by atoms with Gasteiger partial charge in [0.2, 0.25) is 5.69 Å². The van der Waals surface area contributed by atoms with Crippen molar-refractivity contribution in [3.63, 3.8) is 0 Å². The van der Waals surface area contributed by atoms with Crippen molar-refractivity contribution in [3.05, 3.63) is 102 Å². The summed E-state index contributed by atoms with van der Waals surface area (Å²) in [5.41, 5.74) is 8.72. The summed E-state index contributed by atoms with van der Waals surface area (Å²) < 4.78 is 4.45.